The Hall–Kier alpha value is -3.07. The number of methoxy groups -OCH3 is 1. The van der Waals surface area contributed by atoms with Gasteiger partial charge >= 0.3 is 5.97 Å². The number of ether oxygens (including phenoxy) is 2. The lowest BCUT2D eigenvalue weighted by molar-refractivity contribution is -0.119. The summed E-state index contributed by atoms with van der Waals surface area (Å²) < 4.78 is 17.3. The molecule has 7 heteroatoms. The smallest absolute Gasteiger partial charge is 0.338 e. The summed E-state index contributed by atoms with van der Waals surface area (Å²) in [6.07, 6.45) is 0. The van der Waals surface area contributed by atoms with Crippen molar-refractivity contribution in [1.82, 2.24) is 0 Å². The van der Waals surface area contributed by atoms with Gasteiger partial charge in [-0.05, 0) is 52.9 Å². The van der Waals surface area contributed by atoms with E-state index in [2.05, 4.69) is 27.9 Å². The van der Waals surface area contributed by atoms with Gasteiger partial charge in [-0.25, -0.2) is 4.79 Å². The fourth-order valence-electron chi connectivity index (χ4n) is 3.03. The summed E-state index contributed by atoms with van der Waals surface area (Å²) >= 11 is 2.11. The van der Waals surface area contributed by atoms with Crippen LogP contribution in [0.25, 0.3) is 21.9 Å². The lowest BCUT2D eigenvalue weighted by atomic mass is 10.1. The maximum Gasteiger partial charge on any atom is 0.338 e. The average molecular weight is 501 g/mol. The molecule has 0 fully saturated rings. The summed E-state index contributed by atoms with van der Waals surface area (Å²) in [4.78, 5) is 24.4. The van der Waals surface area contributed by atoms with Gasteiger partial charge in [0, 0.05) is 20.4 Å². The minimum absolute atomic E-state index is 0.394. The first kappa shape index (κ1) is 19.3. The molecule has 0 aliphatic carbocycles. The SMILES string of the molecule is COc1cc2c(cc1NC(=O)COC(=O)c1cccc(I)c1)oc1ccccc12. The van der Waals surface area contributed by atoms with E-state index in [4.69, 9.17) is 13.9 Å². The van der Waals surface area contributed by atoms with E-state index in [0.29, 0.717) is 22.6 Å². The highest BCUT2D eigenvalue weighted by molar-refractivity contribution is 14.1. The Kier molecular flexibility index (Phi) is 5.39. The van der Waals surface area contributed by atoms with Crippen molar-refractivity contribution in [1.29, 1.82) is 0 Å². The molecule has 0 bridgehead atoms. The molecule has 1 N–H and O–H groups in total. The number of esters is 1. The number of fused-ring (bicyclic) bond motifs is 3. The quantitative estimate of drug-likeness (QED) is 0.308. The Morgan fingerprint density at radius 1 is 1.00 bits per heavy atom. The van der Waals surface area contributed by atoms with Gasteiger partial charge in [-0.3, -0.25) is 4.79 Å². The third-order valence-corrected chi connectivity index (χ3v) is 5.04. The van der Waals surface area contributed by atoms with Crippen molar-refractivity contribution in [3.05, 3.63) is 69.8 Å². The standard InChI is InChI=1S/C22H16INO5/c1-27-20-10-16-15-7-2-3-8-18(15)29-19(16)11-17(20)24-21(25)12-28-22(26)13-5-4-6-14(23)9-13/h2-11H,12H2,1H3,(H,24,25). The second-order valence-electron chi connectivity index (χ2n) is 6.28. The number of nitrogens with one attached hydrogen (secondary N) is 1. The van der Waals surface area contributed by atoms with Crippen LogP contribution in [0.15, 0.2) is 65.1 Å². The van der Waals surface area contributed by atoms with E-state index in [1.54, 1.807) is 24.3 Å². The minimum Gasteiger partial charge on any atom is -0.495 e. The Morgan fingerprint density at radius 3 is 2.62 bits per heavy atom. The van der Waals surface area contributed by atoms with Crippen LogP contribution in [-0.4, -0.2) is 25.6 Å². The van der Waals surface area contributed by atoms with Crippen LogP contribution in [0, 0.1) is 3.57 Å². The third-order valence-electron chi connectivity index (χ3n) is 4.37. The largest absolute Gasteiger partial charge is 0.495 e. The maximum absolute atomic E-state index is 12.3. The number of furan rings is 1. The van der Waals surface area contributed by atoms with Crippen LogP contribution in [0.4, 0.5) is 5.69 Å². The molecule has 1 aromatic heterocycles. The van der Waals surface area contributed by atoms with E-state index in [1.165, 1.54) is 7.11 Å². The Labute approximate surface area is 179 Å². The number of anilines is 1. The number of hydrogen-bond acceptors (Lipinski definition) is 5. The number of hydrogen-bond donors (Lipinski definition) is 1. The monoisotopic (exact) mass is 501 g/mol. The molecule has 0 unspecified atom stereocenters. The minimum atomic E-state index is -0.557. The van der Waals surface area contributed by atoms with E-state index < -0.39 is 18.5 Å². The zero-order chi connectivity index (χ0) is 20.4. The molecule has 6 nitrogen and oxygen atoms in total. The van der Waals surface area contributed by atoms with Gasteiger partial charge in [0.1, 0.15) is 16.9 Å². The highest BCUT2D eigenvalue weighted by atomic mass is 127. The molecule has 0 atom stereocenters. The summed E-state index contributed by atoms with van der Waals surface area (Å²) in [5.74, 6) is -0.544. The fraction of sp³-hybridized carbons (Fsp3) is 0.0909. The highest BCUT2D eigenvalue weighted by Gasteiger charge is 2.15. The molecule has 29 heavy (non-hydrogen) atoms. The summed E-state index contributed by atoms with van der Waals surface area (Å²) in [7, 11) is 1.52. The first-order valence-corrected chi connectivity index (χ1v) is 9.85. The lowest BCUT2D eigenvalue weighted by Gasteiger charge is -2.11. The van der Waals surface area contributed by atoms with E-state index in [1.807, 2.05) is 36.4 Å². The van der Waals surface area contributed by atoms with Gasteiger partial charge in [-0.2, -0.15) is 0 Å². The van der Waals surface area contributed by atoms with Crippen molar-refractivity contribution in [2.45, 2.75) is 0 Å². The second-order valence-corrected chi connectivity index (χ2v) is 7.53. The summed E-state index contributed by atoms with van der Waals surface area (Å²) in [6.45, 7) is -0.411. The van der Waals surface area contributed by atoms with Crippen molar-refractivity contribution in [2.75, 3.05) is 19.0 Å². The van der Waals surface area contributed by atoms with Crippen molar-refractivity contribution < 1.29 is 23.5 Å². The molecule has 4 aromatic rings. The molecular weight excluding hydrogens is 485 g/mol. The zero-order valence-corrected chi connectivity index (χ0v) is 17.6. The number of carbonyl (C=O) groups is 2. The van der Waals surface area contributed by atoms with Gasteiger partial charge in [0.05, 0.1) is 18.4 Å². The van der Waals surface area contributed by atoms with Crippen molar-refractivity contribution in [3.8, 4) is 5.75 Å². The van der Waals surface area contributed by atoms with E-state index in [0.717, 1.165) is 19.9 Å². The fourth-order valence-corrected chi connectivity index (χ4v) is 3.58. The average Bonchev–Trinajstić information content (AvgIpc) is 3.08. The third kappa shape index (κ3) is 4.04. The Balaban J connectivity index is 1.51. The molecule has 0 aliphatic rings. The van der Waals surface area contributed by atoms with Gasteiger partial charge in [0.2, 0.25) is 0 Å². The number of halogens is 1. The number of benzene rings is 3. The highest BCUT2D eigenvalue weighted by Crippen LogP contribution is 2.36. The molecule has 0 spiro atoms. The van der Waals surface area contributed by atoms with Crippen LogP contribution in [0.2, 0.25) is 0 Å². The second kappa shape index (κ2) is 8.12. The lowest BCUT2D eigenvalue weighted by Crippen LogP contribution is -2.21. The predicted molar refractivity (Wildman–Crippen MR) is 118 cm³/mol. The number of rotatable bonds is 5. The zero-order valence-electron chi connectivity index (χ0n) is 15.4. The Morgan fingerprint density at radius 2 is 1.83 bits per heavy atom. The molecule has 0 radical (unpaired) electrons. The van der Waals surface area contributed by atoms with Crippen LogP contribution in [0.3, 0.4) is 0 Å². The van der Waals surface area contributed by atoms with E-state index in [-0.39, 0.29) is 0 Å². The summed E-state index contributed by atoms with van der Waals surface area (Å²) in [5.41, 5.74) is 2.21. The van der Waals surface area contributed by atoms with Crippen molar-refractivity contribution in [3.63, 3.8) is 0 Å². The molecule has 0 saturated carbocycles. The van der Waals surface area contributed by atoms with Crippen LogP contribution in [-0.2, 0) is 9.53 Å². The number of para-hydroxylation sites is 1. The van der Waals surface area contributed by atoms with Crippen LogP contribution in [0.5, 0.6) is 5.75 Å². The summed E-state index contributed by atoms with van der Waals surface area (Å²) in [5, 5.41) is 4.57. The van der Waals surface area contributed by atoms with Gasteiger partial charge in [-0.1, -0.05) is 24.3 Å². The first-order chi connectivity index (χ1) is 14.0. The molecule has 3 aromatic carbocycles. The molecular formula is C22H16INO5. The number of carbonyl (C=O) groups excluding carboxylic acids is 2. The van der Waals surface area contributed by atoms with E-state index >= 15 is 0 Å². The van der Waals surface area contributed by atoms with Crippen LogP contribution in [0.1, 0.15) is 10.4 Å². The van der Waals surface area contributed by atoms with Crippen molar-refractivity contribution >= 4 is 62.1 Å². The van der Waals surface area contributed by atoms with E-state index in [9.17, 15) is 9.59 Å². The molecule has 0 aliphatic heterocycles. The van der Waals surface area contributed by atoms with Crippen molar-refractivity contribution in [2.24, 2.45) is 0 Å². The maximum atomic E-state index is 12.3. The normalized spacial score (nSPS) is 10.8. The number of amides is 1. The summed E-state index contributed by atoms with van der Waals surface area (Å²) in [6, 6.07) is 18.1. The van der Waals surface area contributed by atoms with Gasteiger partial charge < -0.3 is 19.2 Å². The molecule has 146 valence electrons. The predicted octanol–water partition coefficient (Wildman–Crippen LogP) is 4.99. The molecule has 0 saturated heterocycles. The topological polar surface area (TPSA) is 77.8 Å². The van der Waals surface area contributed by atoms with Gasteiger partial charge in [0.25, 0.3) is 5.91 Å². The molecule has 1 amide bonds. The van der Waals surface area contributed by atoms with Crippen LogP contribution >= 0.6 is 22.6 Å². The molecule has 1 heterocycles. The van der Waals surface area contributed by atoms with Gasteiger partial charge in [0.15, 0.2) is 6.61 Å². The first-order valence-electron chi connectivity index (χ1n) is 8.77. The molecule has 4 rings (SSSR count). The Bertz CT molecular complexity index is 1230. The van der Waals surface area contributed by atoms with Crippen LogP contribution < -0.4 is 10.1 Å². The van der Waals surface area contributed by atoms with Gasteiger partial charge in [-0.15, -0.1) is 0 Å².